The summed E-state index contributed by atoms with van der Waals surface area (Å²) in [4.78, 5) is 14.7. The van der Waals surface area contributed by atoms with Crippen LogP contribution in [-0.4, -0.2) is 96.2 Å². The molecule has 2 saturated heterocycles. The predicted octanol–water partition coefficient (Wildman–Crippen LogP) is 10.6. The quantitative estimate of drug-likeness (QED) is 0.0938. The molecule has 62 heavy (non-hydrogen) atoms. The van der Waals surface area contributed by atoms with Gasteiger partial charge in [0, 0.05) is 60.2 Å². The minimum atomic E-state index is 0.0244. The molecule has 2 aliphatic rings. The van der Waals surface area contributed by atoms with Crippen molar-refractivity contribution >= 4 is 32.6 Å². The molecule has 328 valence electrons. The zero-order chi connectivity index (χ0) is 43.3. The molecule has 0 spiro atoms. The summed E-state index contributed by atoms with van der Waals surface area (Å²) in [5.74, 6) is 5.43. The Morgan fingerprint density at radius 3 is 1.85 bits per heavy atom. The standard InChI is InChI=1S/C52H66N6O4/c1-9-35-26-50(57(6)29-37(35)11-3)47(41-21-24-54-49-19-17-39(60-8)28-45(41)49)32-62-52-43-15-13-12-14-42(43)51(55-56-52)61-31-46(34(5)58-25-22-33(4)36(10-2)30-58)40-20-23-53-48-18-16-38(59-7)27-44(40)48/h12-21,23-24,27-28,33-37,46-47,50H,9-11,22,25-26,29-32H2,1-8H3/t33?,34?,35?,36?,37?,46?,47-,50+/m1/s1. The van der Waals surface area contributed by atoms with Crippen molar-refractivity contribution in [3.63, 3.8) is 0 Å². The fraction of sp³-hybridized carbons (Fsp3) is 0.500. The van der Waals surface area contributed by atoms with Gasteiger partial charge in [0.1, 0.15) is 11.5 Å². The van der Waals surface area contributed by atoms with Gasteiger partial charge in [0.15, 0.2) is 0 Å². The molecular formula is C52H66N6O4. The number of hydrogen-bond donors (Lipinski definition) is 0. The van der Waals surface area contributed by atoms with Crippen LogP contribution in [0.3, 0.4) is 0 Å². The SMILES string of the molecule is CCC1CN(C(C)C(COc2nnc(OC[C@H](c3ccnc4ccc(OC)cc34)[C@@H]3CC(CC)C(CC)CN3C)c3ccccc23)c2ccnc3ccc(OC)cc23)CCC1C. The summed E-state index contributed by atoms with van der Waals surface area (Å²) in [7, 11) is 5.72. The number of methoxy groups -OCH3 is 2. The van der Waals surface area contributed by atoms with Crippen molar-refractivity contribution < 1.29 is 18.9 Å². The van der Waals surface area contributed by atoms with Gasteiger partial charge in [0.25, 0.3) is 0 Å². The average Bonchev–Trinajstić information content (AvgIpc) is 3.31. The Hall–Kier alpha value is -5.06. The van der Waals surface area contributed by atoms with Crippen LogP contribution in [0.1, 0.15) is 89.7 Å². The van der Waals surface area contributed by atoms with Crippen LogP contribution in [0.15, 0.2) is 85.2 Å². The molecule has 5 heterocycles. The van der Waals surface area contributed by atoms with Crippen molar-refractivity contribution in [1.29, 1.82) is 0 Å². The molecule has 0 N–H and O–H groups in total. The largest absolute Gasteiger partial charge is 0.497 e. The summed E-state index contributed by atoms with van der Waals surface area (Å²) in [5, 5.41) is 13.5. The van der Waals surface area contributed by atoms with Crippen molar-refractivity contribution in [2.24, 2.45) is 23.7 Å². The van der Waals surface area contributed by atoms with Crippen LogP contribution in [-0.2, 0) is 0 Å². The Labute approximate surface area is 368 Å². The molecule has 0 amide bonds. The fourth-order valence-corrected chi connectivity index (χ4v) is 10.8. The van der Waals surface area contributed by atoms with Crippen molar-refractivity contribution in [2.75, 3.05) is 54.1 Å². The molecule has 6 aromatic rings. The maximum absolute atomic E-state index is 6.90. The van der Waals surface area contributed by atoms with Gasteiger partial charge in [-0.25, -0.2) is 0 Å². The molecule has 10 nitrogen and oxygen atoms in total. The summed E-state index contributed by atoms with van der Waals surface area (Å²) in [6, 6.07) is 25.3. The van der Waals surface area contributed by atoms with E-state index in [4.69, 9.17) is 39.1 Å². The fourth-order valence-electron chi connectivity index (χ4n) is 10.8. The van der Waals surface area contributed by atoms with E-state index < -0.39 is 0 Å². The Morgan fingerprint density at radius 2 is 1.26 bits per heavy atom. The van der Waals surface area contributed by atoms with E-state index >= 15 is 0 Å². The molecule has 0 saturated carbocycles. The minimum absolute atomic E-state index is 0.0244. The monoisotopic (exact) mass is 839 g/mol. The third-order valence-corrected chi connectivity index (χ3v) is 14.8. The van der Waals surface area contributed by atoms with Crippen molar-refractivity contribution in [1.82, 2.24) is 30.0 Å². The van der Waals surface area contributed by atoms with E-state index in [1.807, 2.05) is 48.8 Å². The van der Waals surface area contributed by atoms with Crippen LogP contribution < -0.4 is 18.9 Å². The number of fused-ring (bicyclic) bond motifs is 3. The first-order valence-corrected chi connectivity index (χ1v) is 23.1. The van der Waals surface area contributed by atoms with E-state index in [1.165, 1.54) is 36.8 Å². The van der Waals surface area contributed by atoms with E-state index in [0.29, 0.717) is 42.7 Å². The van der Waals surface area contributed by atoms with Crippen LogP contribution in [0.4, 0.5) is 0 Å². The van der Waals surface area contributed by atoms with E-state index in [1.54, 1.807) is 14.2 Å². The third-order valence-electron chi connectivity index (χ3n) is 14.8. The topological polar surface area (TPSA) is 95.0 Å². The second kappa shape index (κ2) is 19.5. The smallest absolute Gasteiger partial charge is 0.241 e. The number of rotatable bonds is 16. The predicted molar refractivity (Wildman–Crippen MR) is 250 cm³/mol. The highest BCUT2D eigenvalue weighted by Gasteiger charge is 2.38. The summed E-state index contributed by atoms with van der Waals surface area (Å²) >= 11 is 0. The minimum Gasteiger partial charge on any atom is -0.497 e. The van der Waals surface area contributed by atoms with Gasteiger partial charge in [-0.2, -0.15) is 0 Å². The van der Waals surface area contributed by atoms with Gasteiger partial charge in [0.2, 0.25) is 11.8 Å². The van der Waals surface area contributed by atoms with Gasteiger partial charge < -0.3 is 23.8 Å². The lowest BCUT2D eigenvalue weighted by molar-refractivity contribution is 0.0530. The zero-order valence-electron chi connectivity index (χ0n) is 38.1. The molecular weight excluding hydrogens is 773 g/mol. The first-order valence-electron chi connectivity index (χ1n) is 23.1. The van der Waals surface area contributed by atoms with Crippen molar-refractivity contribution in [3.05, 3.63) is 96.3 Å². The summed E-state index contributed by atoms with van der Waals surface area (Å²) in [6.07, 6.45) is 9.68. The number of nitrogens with zero attached hydrogens (tertiary/aromatic N) is 6. The van der Waals surface area contributed by atoms with Crippen molar-refractivity contribution in [3.8, 4) is 23.3 Å². The first-order chi connectivity index (χ1) is 30.2. The van der Waals surface area contributed by atoms with E-state index in [0.717, 1.165) is 76.1 Å². The molecule has 2 fully saturated rings. The molecule has 10 heteroatoms. The Balaban J connectivity index is 1.12. The number of ether oxygens (including phenoxy) is 4. The molecule has 0 bridgehead atoms. The lowest BCUT2D eigenvalue weighted by Crippen LogP contribution is -2.48. The Bertz CT molecular complexity index is 2440. The molecule has 8 rings (SSSR count). The van der Waals surface area contributed by atoms with Gasteiger partial charge in [-0.1, -0.05) is 59.1 Å². The third kappa shape index (κ3) is 8.91. The van der Waals surface area contributed by atoms with Crippen LogP contribution in [0, 0.1) is 23.7 Å². The summed E-state index contributed by atoms with van der Waals surface area (Å²) in [6.45, 7) is 15.8. The zero-order valence-corrected chi connectivity index (χ0v) is 38.1. The number of benzene rings is 3. The van der Waals surface area contributed by atoms with Crippen LogP contribution in [0.5, 0.6) is 23.3 Å². The first kappa shape index (κ1) is 43.6. The lowest BCUT2D eigenvalue weighted by atomic mass is 9.74. The molecule has 2 aliphatic heterocycles. The lowest BCUT2D eigenvalue weighted by Gasteiger charge is -2.45. The van der Waals surface area contributed by atoms with Gasteiger partial charge >= 0.3 is 0 Å². The molecule has 0 aliphatic carbocycles. The van der Waals surface area contributed by atoms with Gasteiger partial charge in [-0.15, -0.1) is 10.2 Å². The highest BCUT2D eigenvalue weighted by atomic mass is 16.5. The van der Waals surface area contributed by atoms with E-state index in [-0.39, 0.29) is 23.9 Å². The second-order valence-corrected chi connectivity index (χ2v) is 18.0. The molecule has 6 unspecified atom stereocenters. The number of likely N-dealkylation sites (tertiary alicyclic amines) is 2. The molecule has 3 aromatic carbocycles. The van der Waals surface area contributed by atoms with E-state index in [9.17, 15) is 0 Å². The molecule has 0 radical (unpaired) electrons. The summed E-state index contributed by atoms with van der Waals surface area (Å²) < 4.78 is 25.2. The Morgan fingerprint density at radius 1 is 0.677 bits per heavy atom. The maximum Gasteiger partial charge on any atom is 0.241 e. The maximum atomic E-state index is 6.90. The molecule has 8 atom stereocenters. The van der Waals surface area contributed by atoms with E-state index in [2.05, 4.69) is 87.9 Å². The van der Waals surface area contributed by atoms with Gasteiger partial charge in [-0.05, 0) is 129 Å². The highest BCUT2D eigenvalue weighted by Crippen LogP contribution is 2.41. The number of hydrogen-bond acceptors (Lipinski definition) is 10. The van der Waals surface area contributed by atoms with Gasteiger partial charge in [-0.3, -0.25) is 14.9 Å². The number of piperidine rings is 2. The van der Waals surface area contributed by atoms with Crippen LogP contribution in [0.2, 0.25) is 0 Å². The van der Waals surface area contributed by atoms with Crippen LogP contribution in [0.25, 0.3) is 32.6 Å². The number of likely N-dealkylation sites (N-methyl/N-ethyl adjacent to an activating group) is 1. The normalized spacial score (nSPS) is 22.7. The number of aromatic nitrogens is 4. The van der Waals surface area contributed by atoms with Crippen molar-refractivity contribution in [2.45, 2.75) is 90.6 Å². The Kier molecular flexibility index (Phi) is 13.7. The number of pyridine rings is 2. The average molecular weight is 839 g/mol. The second-order valence-electron chi connectivity index (χ2n) is 18.0. The highest BCUT2D eigenvalue weighted by molar-refractivity contribution is 5.90. The van der Waals surface area contributed by atoms with Gasteiger partial charge in [0.05, 0.1) is 49.2 Å². The summed E-state index contributed by atoms with van der Waals surface area (Å²) in [5.41, 5.74) is 4.30. The molecule has 3 aromatic heterocycles. The van der Waals surface area contributed by atoms with Crippen LogP contribution >= 0.6 is 0 Å².